The summed E-state index contributed by atoms with van der Waals surface area (Å²) in [6.07, 6.45) is 31.2. The summed E-state index contributed by atoms with van der Waals surface area (Å²) in [5.41, 5.74) is 25.2. The van der Waals surface area contributed by atoms with Crippen LogP contribution in [-0.2, 0) is 76.3 Å². The van der Waals surface area contributed by atoms with Crippen LogP contribution in [-0.4, -0.2) is 9.13 Å². The van der Waals surface area contributed by atoms with Crippen LogP contribution in [0, 0.1) is 0 Å². The van der Waals surface area contributed by atoms with E-state index in [0.717, 1.165) is 5.92 Å². The van der Waals surface area contributed by atoms with E-state index in [4.69, 9.17) is 0 Å². The Morgan fingerprint density at radius 1 is 0.551 bits per heavy atom. The summed E-state index contributed by atoms with van der Waals surface area (Å²) in [6, 6.07) is 0. The fourth-order valence-electron chi connectivity index (χ4n) is 13.2. The number of rotatable bonds is 6. The molecule has 0 amide bonds. The minimum atomic E-state index is 0.0144. The molecule has 2 aromatic heterocycles. The minimum Gasteiger partial charge on any atom is -0.348 e. The highest BCUT2D eigenvalue weighted by Crippen LogP contribution is 2.51. The molecule has 0 spiro atoms. The molecule has 2 nitrogen and oxygen atoms in total. The second-order valence-corrected chi connectivity index (χ2v) is 18.5. The first-order valence-electron chi connectivity index (χ1n) is 21.5. The molecule has 6 aliphatic rings. The molecule has 0 radical (unpaired) electrons. The summed E-state index contributed by atoms with van der Waals surface area (Å²) in [6.45, 7) is 14.3. The number of aromatic nitrogens is 2. The van der Waals surface area contributed by atoms with Gasteiger partial charge in [-0.25, -0.2) is 0 Å². The first-order valence-corrected chi connectivity index (χ1v) is 21.5. The first-order chi connectivity index (χ1) is 23.9. The lowest BCUT2D eigenvalue weighted by Gasteiger charge is -2.42. The van der Waals surface area contributed by atoms with Gasteiger partial charge in [0.2, 0.25) is 0 Å². The van der Waals surface area contributed by atoms with Crippen molar-refractivity contribution < 1.29 is 0 Å². The molecule has 3 heterocycles. The monoisotopic (exact) mass is 659 g/mol. The van der Waals surface area contributed by atoms with Crippen molar-refractivity contribution in [2.45, 2.75) is 212 Å². The highest BCUT2D eigenvalue weighted by molar-refractivity contribution is 5.59. The van der Waals surface area contributed by atoms with E-state index < -0.39 is 0 Å². The van der Waals surface area contributed by atoms with Gasteiger partial charge in [0.15, 0.2) is 0 Å². The van der Waals surface area contributed by atoms with Crippen molar-refractivity contribution in [2.75, 3.05) is 0 Å². The van der Waals surface area contributed by atoms with E-state index >= 15 is 0 Å². The van der Waals surface area contributed by atoms with Crippen molar-refractivity contribution in [2.24, 2.45) is 0 Å². The number of hydrogen-bond acceptors (Lipinski definition) is 0. The average Bonchev–Trinajstić information content (AvgIpc) is 3.64. The normalized spacial score (nSPS) is 22.5. The Hall–Kier alpha value is -2.22. The van der Waals surface area contributed by atoms with Crippen molar-refractivity contribution in [1.29, 1.82) is 0 Å². The van der Waals surface area contributed by atoms with Gasteiger partial charge in [-0.15, -0.1) is 0 Å². The molecule has 1 aliphatic heterocycles. The van der Waals surface area contributed by atoms with E-state index in [0.29, 0.717) is 11.8 Å². The van der Waals surface area contributed by atoms with Gasteiger partial charge in [-0.1, -0.05) is 20.8 Å². The predicted octanol–water partition coefficient (Wildman–Crippen LogP) is 11.7. The summed E-state index contributed by atoms with van der Waals surface area (Å²) in [5, 5.41) is 0. The van der Waals surface area contributed by atoms with Crippen molar-refractivity contribution in [1.82, 2.24) is 9.13 Å². The molecule has 2 heteroatoms. The molecule has 264 valence electrons. The molecular formula is C47H66N2. The van der Waals surface area contributed by atoms with Crippen LogP contribution in [0.1, 0.15) is 214 Å². The summed E-state index contributed by atoms with van der Waals surface area (Å²) in [7, 11) is 0. The Kier molecular flexibility index (Phi) is 8.52. The fourth-order valence-corrected chi connectivity index (χ4v) is 13.2. The van der Waals surface area contributed by atoms with Crippen LogP contribution < -0.4 is 0 Å². The molecule has 0 fully saturated rings. The molecule has 9 rings (SSSR count). The molecular weight excluding hydrogens is 593 g/mol. The van der Waals surface area contributed by atoms with Gasteiger partial charge in [0.1, 0.15) is 0 Å². The van der Waals surface area contributed by atoms with Gasteiger partial charge in [0, 0.05) is 29.3 Å². The second kappa shape index (κ2) is 12.8. The molecule has 0 saturated carbocycles. The van der Waals surface area contributed by atoms with Crippen molar-refractivity contribution in [3.8, 4) is 0 Å². The van der Waals surface area contributed by atoms with Crippen LogP contribution in [0.2, 0.25) is 0 Å². The van der Waals surface area contributed by atoms with E-state index in [-0.39, 0.29) is 5.54 Å². The fraction of sp³-hybridized carbons (Fsp3) is 0.702. The van der Waals surface area contributed by atoms with Crippen molar-refractivity contribution in [3.05, 3.63) is 78.4 Å². The van der Waals surface area contributed by atoms with Crippen LogP contribution in [0.25, 0.3) is 0 Å². The van der Waals surface area contributed by atoms with Gasteiger partial charge < -0.3 is 9.13 Å². The van der Waals surface area contributed by atoms with E-state index in [1.807, 2.05) is 16.7 Å². The van der Waals surface area contributed by atoms with Gasteiger partial charge in [-0.3, -0.25) is 0 Å². The number of hydrogen-bond donors (Lipinski definition) is 0. The SMILES string of the molecule is CC(C)c1c2c(c(C(C)(C)n3c4c(c5c3CCCC5CC(C)c3c5c(c6n3CCCC6)CCCC5)CCCC4)c3c1CCCC3)CCCC2. The van der Waals surface area contributed by atoms with Crippen molar-refractivity contribution >= 4 is 0 Å². The lowest BCUT2D eigenvalue weighted by atomic mass is 9.69. The lowest BCUT2D eigenvalue weighted by Crippen LogP contribution is -2.36. The molecule has 2 unspecified atom stereocenters. The zero-order chi connectivity index (χ0) is 33.4. The van der Waals surface area contributed by atoms with E-state index in [2.05, 4.69) is 43.8 Å². The zero-order valence-corrected chi connectivity index (χ0v) is 32.1. The summed E-state index contributed by atoms with van der Waals surface area (Å²) in [4.78, 5) is 0. The topological polar surface area (TPSA) is 9.86 Å². The molecule has 3 aromatic rings. The summed E-state index contributed by atoms with van der Waals surface area (Å²) in [5.74, 6) is 2.03. The Morgan fingerprint density at radius 3 is 1.76 bits per heavy atom. The smallest absolute Gasteiger partial charge is 0.0645 e. The summed E-state index contributed by atoms with van der Waals surface area (Å²) < 4.78 is 5.94. The highest BCUT2D eigenvalue weighted by atomic mass is 15.1. The Labute approximate surface area is 298 Å². The van der Waals surface area contributed by atoms with Crippen LogP contribution in [0.5, 0.6) is 0 Å². The van der Waals surface area contributed by atoms with Gasteiger partial charge in [-0.2, -0.15) is 0 Å². The summed E-state index contributed by atoms with van der Waals surface area (Å²) >= 11 is 0. The maximum absolute atomic E-state index is 3.06. The third kappa shape index (κ3) is 5.13. The van der Waals surface area contributed by atoms with E-state index in [1.165, 1.54) is 154 Å². The Morgan fingerprint density at radius 2 is 1.08 bits per heavy atom. The average molecular weight is 659 g/mol. The quantitative estimate of drug-likeness (QED) is 0.249. The maximum atomic E-state index is 3.06. The molecule has 0 bridgehead atoms. The Balaban J connectivity index is 1.17. The molecule has 5 aliphatic carbocycles. The molecule has 2 atom stereocenters. The van der Waals surface area contributed by atoms with Crippen LogP contribution >= 0.6 is 0 Å². The van der Waals surface area contributed by atoms with Crippen LogP contribution in [0.4, 0.5) is 0 Å². The minimum absolute atomic E-state index is 0.0144. The lowest BCUT2D eigenvalue weighted by molar-refractivity contribution is 0.379. The number of benzene rings is 1. The van der Waals surface area contributed by atoms with Crippen LogP contribution in [0.3, 0.4) is 0 Å². The van der Waals surface area contributed by atoms with E-state index in [9.17, 15) is 0 Å². The van der Waals surface area contributed by atoms with Gasteiger partial charge in [0.05, 0.1) is 5.54 Å². The van der Waals surface area contributed by atoms with Gasteiger partial charge in [0.25, 0.3) is 0 Å². The molecule has 49 heavy (non-hydrogen) atoms. The predicted molar refractivity (Wildman–Crippen MR) is 206 cm³/mol. The third-order valence-electron chi connectivity index (χ3n) is 14.8. The molecule has 0 saturated heterocycles. The zero-order valence-electron chi connectivity index (χ0n) is 32.1. The second-order valence-electron chi connectivity index (χ2n) is 18.5. The number of fused-ring (bicyclic) bond motifs is 8. The van der Waals surface area contributed by atoms with Crippen molar-refractivity contribution in [3.63, 3.8) is 0 Å². The third-order valence-corrected chi connectivity index (χ3v) is 14.8. The largest absolute Gasteiger partial charge is 0.348 e. The standard InChI is InChI=1S/C47H66N2/c1-30(2)43-34-19-7-9-21-36(34)45(37-22-10-8-20-35(37)43)47(4,5)49-41-26-13-12-24-39(41)44-32(17-16-27-42(44)49)29-31(3)46-38-23-11-6-18-33(38)40-25-14-15-28-48(40)46/h30-32H,6-29H2,1-5H3. The molecule has 0 N–H and O–H groups in total. The van der Waals surface area contributed by atoms with Gasteiger partial charge >= 0.3 is 0 Å². The number of nitrogens with zero attached hydrogens (tertiary/aromatic N) is 2. The maximum Gasteiger partial charge on any atom is 0.0645 e. The molecule has 1 aromatic carbocycles. The first kappa shape index (κ1) is 32.7. The van der Waals surface area contributed by atoms with Gasteiger partial charge in [-0.05, 0) is 235 Å². The van der Waals surface area contributed by atoms with E-state index in [1.54, 1.807) is 61.7 Å². The highest BCUT2D eigenvalue weighted by Gasteiger charge is 2.42. The van der Waals surface area contributed by atoms with Crippen LogP contribution in [0.15, 0.2) is 0 Å². The Bertz CT molecular complexity index is 1680.